The number of nitriles is 1. The van der Waals surface area contributed by atoms with Gasteiger partial charge in [-0.05, 0) is 18.2 Å². The molecule has 0 aliphatic rings. The zero-order valence-electron chi connectivity index (χ0n) is 10.5. The Morgan fingerprint density at radius 2 is 1.89 bits per heavy atom. The molecule has 19 heavy (non-hydrogen) atoms. The van der Waals surface area contributed by atoms with Crippen molar-refractivity contribution in [2.75, 3.05) is 14.2 Å². The molecule has 96 valence electrons. The molecule has 1 aromatic heterocycles. The van der Waals surface area contributed by atoms with Crippen molar-refractivity contribution in [2.24, 2.45) is 0 Å². The van der Waals surface area contributed by atoms with E-state index in [4.69, 9.17) is 19.2 Å². The fourth-order valence-electron chi connectivity index (χ4n) is 1.74. The lowest BCUT2D eigenvalue weighted by molar-refractivity contribution is 0.110. The number of hydrogen-bond donors (Lipinski definition) is 0. The van der Waals surface area contributed by atoms with Crippen molar-refractivity contribution in [3.8, 4) is 28.9 Å². The second-order valence-electron chi connectivity index (χ2n) is 3.68. The second-order valence-corrected chi connectivity index (χ2v) is 3.68. The number of benzene rings is 1. The van der Waals surface area contributed by atoms with Crippen LogP contribution in [0.25, 0.3) is 11.3 Å². The van der Waals surface area contributed by atoms with Crippen LogP contribution < -0.4 is 9.47 Å². The van der Waals surface area contributed by atoms with Crippen LogP contribution in [0.1, 0.15) is 16.1 Å². The summed E-state index contributed by atoms with van der Waals surface area (Å²) in [6.45, 7) is 0. The van der Waals surface area contributed by atoms with Crippen LogP contribution in [0.2, 0.25) is 0 Å². The monoisotopic (exact) mass is 257 g/mol. The highest BCUT2D eigenvalue weighted by Gasteiger charge is 2.15. The zero-order chi connectivity index (χ0) is 13.8. The number of carbonyl (C=O) groups is 1. The molecule has 0 aliphatic carbocycles. The molecule has 0 fully saturated rings. The molecule has 5 nitrogen and oxygen atoms in total. The van der Waals surface area contributed by atoms with Gasteiger partial charge in [0.1, 0.15) is 11.8 Å². The first-order valence-corrected chi connectivity index (χ1v) is 5.45. The summed E-state index contributed by atoms with van der Waals surface area (Å²) in [6.07, 6.45) is 0.607. The van der Waals surface area contributed by atoms with Crippen molar-refractivity contribution in [3.05, 3.63) is 35.6 Å². The van der Waals surface area contributed by atoms with Crippen LogP contribution >= 0.6 is 0 Å². The number of rotatable bonds is 4. The summed E-state index contributed by atoms with van der Waals surface area (Å²) in [6, 6.07) is 8.45. The van der Waals surface area contributed by atoms with Crippen LogP contribution in [0.3, 0.4) is 0 Å². The van der Waals surface area contributed by atoms with E-state index in [1.54, 1.807) is 24.3 Å². The van der Waals surface area contributed by atoms with E-state index in [0.717, 1.165) is 0 Å². The van der Waals surface area contributed by atoms with Gasteiger partial charge in [0.2, 0.25) is 0 Å². The van der Waals surface area contributed by atoms with Crippen molar-refractivity contribution in [3.63, 3.8) is 0 Å². The van der Waals surface area contributed by atoms with Crippen molar-refractivity contribution in [2.45, 2.75) is 0 Å². The standard InChI is InChI=1S/C14H11NO4/c1-17-13-5-9(7-15)11(6-14(13)18-2)12-4-3-10(8-16)19-12/h3-6,8H,1-2H3. The first-order chi connectivity index (χ1) is 9.23. The minimum Gasteiger partial charge on any atom is -0.493 e. The van der Waals surface area contributed by atoms with Gasteiger partial charge < -0.3 is 13.9 Å². The normalized spacial score (nSPS) is 9.74. The summed E-state index contributed by atoms with van der Waals surface area (Å²) in [4.78, 5) is 10.6. The number of furan rings is 1. The minimum atomic E-state index is 0.202. The summed E-state index contributed by atoms with van der Waals surface area (Å²) in [5.41, 5.74) is 0.928. The van der Waals surface area contributed by atoms with E-state index >= 15 is 0 Å². The summed E-state index contributed by atoms with van der Waals surface area (Å²) in [7, 11) is 3.00. The van der Waals surface area contributed by atoms with Crippen LogP contribution in [0, 0.1) is 11.3 Å². The third kappa shape index (κ3) is 2.29. The van der Waals surface area contributed by atoms with Crippen molar-refractivity contribution < 1.29 is 18.7 Å². The highest BCUT2D eigenvalue weighted by atomic mass is 16.5. The highest BCUT2D eigenvalue weighted by molar-refractivity contribution is 5.75. The van der Waals surface area contributed by atoms with Gasteiger partial charge in [-0.2, -0.15) is 5.26 Å². The Balaban J connectivity index is 2.61. The number of carbonyl (C=O) groups excluding carboxylic acids is 1. The van der Waals surface area contributed by atoms with Gasteiger partial charge in [-0.15, -0.1) is 0 Å². The van der Waals surface area contributed by atoms with E-state index in [-0.39, 0.29) is 5.76 Å². The van der Waals surface area contributed by atoms with Crippen LogP contribution in [-0.2, 0) is 0 Å². The van der Waals surface area contributed by atoms with Gasteiger partial charge in [-0.25, -0.2) is 0 Å². The Bertz CT molecular complexity index is 652. The third-order valence-electron chi connectivity index (χ3n) is 2.65. The van der Waals surface area contributed by atoms with Crippen LogP contribution in [-0.4, -0.2) is 20.5 Å². The van der Waals surface area contributed by atoms with Crippen molar-refractivity contribution >= 4 is 6.29 Å². The molecule has 0 unspecified atom stereocenters. The quantitative estimate of drug-likeness (QED) is 0.787. The molecule has 0 amide bonds. The minimum absolute atomic E-state index is 0.202. The summed E-state index contributed by atoms with van der Waals surface area (Å²) < 4.78 is 15.6. The molecule has 2 rings (SSSR count). The number of nitrogens with zero attached hydrogens (tertiary/aromatic N) is 1. The van der Waals surface area contributed by atoms with Gasteiger partial charge >= 0.3 is 0 Å². The molecule has 0 bridgehead atoms. The molecule has 5 heteroatoms. The molecule has 0 spiro atoms. The van der Waals surface area contributed by atoms with E-state index in [1.807, 2.05) is 0 Å². The molecule has 0 aliphatic heterocycles. The summed E-state index contributed by atoms with van der Waals surface area (Å²) in [5.74, 6) is 1.58. The fourth-order valence-corrected chi connectivity index (χ4v) is 1.74. The largest absolute Gasteiger partial charge is 0.493 e. The van der Waals surface area contributed by atoms with Crippen molar-refractivity contribution in [1.29, 1.82) is 5.26 Å². The molecular formula is C14H11NO4. The molecule has 0 saturated heterocycles. The average molecular weight is 257 g/mol. The highest BCUT2D eigenvalue weighted by Crippen LogP contribution is 2.35. The Labute approximate surface area is 110 Å². The number of aldehydes is 1. The Morgan fingerprint density at radius 3 is 2.42 bits per heavy atom. The molecule has 1 heterocycles. The maximum absolute atomic E-state index is 10.6. The average Bonchev–Trinajstić information content (AvgIpc) is 2.94. The predicted molar refractivity (Wildman–Crippen MR) is 67.4 cm³/mol. The first-order valence-electron chi connectivity index (χ1n) is 5.45. The SMILES string of the molecule is COc1cc(C#N)c(-c2ccc(C=O)o2)cc1OC. The van der Waals surface area contributed by atoms with Gasteiger partial charge in [-0.1, -0.05) is 0 Å². The van der Waals surface area contributed by atoms with Crippen LogP contribution in [0.15, 0.2) is 28.7 Å². The third-order valence-corrected chi connectivity index (χ3v) is 2.65. The van der Waals surface area contributed by atoms with Crippen LogP contribution in [0.5, 0.6) is 11.5 Å². The van der Waals surface area contributed by atoms with Gasteiger partial charge in [0.15, 0.2) is 23.5 Å². The Morgan fingerprint density at radius 1 is 1.21 bits per heavy atom. The second kappa shape index (κ2) is 5.27. The molecule has 0 N–H and O–H groups in total. The number of methoxy groups -OCH3 is 2. The molecule has 1 aromatic carbocycles. The fraction of sp³-hybridized carbons (Fsp3) is 0.143. The Hall–Kier alpha value is -2.74. The van der Waals surface area contributed by atoms with E-state index in [1.165, 1.54) is 14.2 Å². The molecule has 0 radical (unpaired) electrons. The maximum atomic E-state index is 10.6. The van der Waals surface area contributed by atoms with Gasteiger partial charge in [-0.3, -0.25) is 4.79 Å². The Kier molecular flexibility index (Phi) is 3.53. The summed E-state index contributed by atoms with van der Waals surface area (Å²) in [5, 5.41) is 9.17. The van der Waals surface area contributed by atoms with Crippen molar-refractivity contribution in [1.82, 2.24) is 0 Å². The van der Waals surface area contributed by atoms with Gasteiger partial charge in [0, 0.05) is 11.6 Å². The lowest BCUT2D eigenvalue weighted by Crippen LogP contribution is -1.93. The van der Waals surface area contributed by atoms with Gasteiger partial charge in [0.05, 0.1) is 19.8 Å². The van der Waals surface area contributed by atoms with Crippen LogP contribution in [0.4, 0.5) is 0 Å². The molecule has 0 saturated carbocycles. The lowest BCUT2D eigenvalue weighted by Gasteiger charge is -2.10. The van der Waals surface area contributed by atoms with E-state index in [2.05, 4.69) is 6.07 Å². The zero-order valence-corrected chi connectivity index (χ0v) is 10.5. The van der Waals surface area contributed by atoms with Gasteiger partial charge in [0.25, 0.3) is 0 Å². The number of hydrogen-bond acceptors (Lipinski definition) is 5. The van der Waals surface area contributed by atoms with E-state index < -0.39 is 0 Å². The molecular weight excluding hydrogens is 246 g/mol. The first kappa shape index (κ1) is 12.7. The lowest BCUT2D eigenvalue weighted by atomic mass is 10.1. The van der Waals surface area contributed by atoms with E-state index in [9.17, 15) is 4.79 Å². The summed E-state index contributed by atoms with van der Waals surface area (Å²) >= 11 is 0. The molecule has 2 aromatic rings. The predicted octanol–water partition coefficient (Wildman–Crippen LogP) is 2.65. The topological polar surface area (TPSA) is 72.5 Å². The number of ether oxygens (including phenoxy) is 2. The van der Waals surface area contributed by atoms with E-state index in [0.29, 0.717) is 34.7 Å². The maximum Gasteiger partial charge on any atom is 0.185 e. The smallest absolute Gasteiger partial charge is 0.185 e. The molecule has 0 atom stereocenters.